The molecule has 1 saturated heterocycles. The molecule has 94 valence electrons. The lowest BCUT2D eigenvalue weighted by Crippen LogP contribution is -2.43. The fourth-order valence-electron chi connectivity index (χ4n) is 2.46. The van der Waals surface area contributed by atoms with Gasteiger partial charge in [0.2, 0.25) is 0 Å². The van der Waals surface area contributed by atoms with Gasteiger partial charge in [0.15, 0.2) is 0 Å². The molecule has 0 bridgehead atoms. The maximum absolute atomic E-state index is 4.63. The van der Waals surface area contributed by atoms with Crippen molar-refractivity contribution in [1.82, 2.24) is 20.2 Å². The maximum Gasteiger partial charge on any atom is 0.142 e. The van der Waals surface area contributed by atoms with Gasteiger partial charge in [-0.1, -0.05) is 6.92 Å². The standard InChI is InChI=1S/C13H22N4/c1-4-12-10(2)15-13(16-11(12)3)9-17-7-5-14-6-8-17/h14H,4-9H2,1-3H3. The molecule has 1 aromatic heterocycles. The van der Waals surface area contributed by atoms with Gasteiger partial charge in [0.05, 0.1) is 6.54 Å². The Morgan fingerprint density at radius 2 is 1.71 bits per heavy atom. The van der Waals surface area contributed by atoms with Crippen molar-refractivity contribution in [3.63, 3.8) is 0 Å². The fraction of sp³-hybridized carbons (Fsp3) is 0.692. The topological polar surface area (TPSA) is 41.1 Å². The molecule has 4 heteroatoms. The summed E-state index contributed by atoms with van der Waals surface area (Å²) in [6, 6.07) is 0. The summed E-state index contributed by atoms with van der Waals surface area (Å²) in [5.74, 6) is 0.971. The van der Waals surface area contributed by atoms with Crippen molar-refractivity contribution in [2.75, 3.05) is 26.2 Å². The summed E-state index contributed by atoms with van der Waals surface area (Å²) in [4.78, 5) is 11.7. The second kappa shape index (κ2) is 5.56. The molecule has 0 aliphatic carbocycles. The monoisotopic (exact) mass is 234 g/mol. The molecule has 0 saturated carbocycles. The number of rotatable bonds is 3. The molecule has 1 aliphatic rings. The SMILES string of the molecule is CCc1c(C)nc(CN2CCNCC2)nc1C. The predicted molar refractivity (Wildman–Crippen MR) is 69.0 cm³/mol. The molecule has 0 unspecified atom stereocenters. The van der Waals surface area contributed by atoms with Crippen LogP contribution in [-0.4, -0.2) is 41.0 Å². The first-order valence-electron chi connectivity index (χ1n) is 6.46. The lowest BCUT2D eigenvalue weighted by molar-refractivity contribution is 0.227. The van der Waals surface area contributed by atoms with E-state index >= 15 is 0 Å². The number of nitrogens with zero attached hydrogens (tertiary/aromatic N) is 3. The predicted octanol–water partition coefficient (Wildman–Crippen LogP) is 1.06. The van der Waals surface area contributed by atoms with Gasteiger partial charge < -0.3 is 5.32 Å². The Hall–Kier alpha value is -1.00. The summed E-state index contributed by atoms with van der Waals surface area (Å²) in [5.41, 5.74) is 3.59. The first kappa shape index (κ1) is 12.5. The average Bonchev–Trinajstić information content (AvgIpc) is 2.30. The normalized spacial score (nSPS) is 17.4. The molecule has 0 amide bonds. The third-order valence-corrected chi connectivity index (χ3v) is 3.40. The highest BCUT2D eigenvalue weighted by atomic mass is 15.2. The molecule has 1 fully saturated rings. The first-order valence-corrected chi connectivity index (χ1v) is 6.46. The molecule has 0 spiro atoms. The van der Waals surface area contributed by atoms with Crippen molar-refractivity contribution in [2.24, 2.45) is 0 Å². The maximum atomic E-state index is 4.63. The van der Waals surface area contributed by atoms with Crippen LogP contribution in [0.3, 0.4) is 0 Å². The van der Waals surface area contributed by atoms with Crippen LogP contribution in [0.2, 0.25) is 0 Å². The van der Waals surface area contributed by atoms with E-state index in [9.17, 15) is 0 Å². The highest BCUT2D eigenvalue weighted by Gasteiger charge is 2.13. The van der Waals surface area contributed by atoms with Crippen molar-refractivity contribution in [1.29, 1.82) is 0 Å². The highest BCUT2D eigenvalue weighted by Crippen LogP contribution is 2.12. The number of piperazine rings is 1. The van der Waals surface area contributed by atoms with E-state index in [0.29, 0.717) is 0 Å². The molecule has 0 atom stereocenters. The van der Waals surface area contributed by atoms with Gasteiger partial charge in [-0.25, -0.2) is 9.97 Å². The van der Waals surface area contributed by atoms with Crippen LogP contribution in [0.4, 0.5) is 0 Å². The van der Waals surface area contributed by atoms with E-state index in [4.69, 9.17) is 0 Å². The van der Waals surface area contributed by atoms with Crippen LogP contribution < -0.4 is 5.32 Å². The van der Waals surface area contributed by atoms with Crippen LogP contribution in [0.25, 0.3) is 0 Å². The summed E-state index contributed by atoms with van der Waals surface area (Å²) >= 11 is 0. The zero-order valence-corrected chi connectivity index (χ0v) is 11.1. The average molecular weight is 234 g/mol. The lowest BCUT2D eigenvalue weighted by Gasteiger charge is -2.26. The molecular weight excluding hydrogens is 212 g/mol. The minimum atomic E-state index is 0.882. The zero-order chi connectivity index (χ0) is 12.3. The highest BCUT2D eigenvalue weighted by molar-refractivity contribution is 5.24. The summed E-state index contributed by atoms with van der Waals surface area (Å²) in [6.45, 7) is 11.6. The van der Waals surface area contributed by atoms with E-state index < -0.39 is 0 Å². The summed E-state index contributed by atoms with van der Waals surface area (Å²) in [6.07, 6.45) is 1.02. The molecule has 0 radical (unpaired) electrons. The Morgan fingerprint density at radius 3 is 2.24 bits per heavy atom. The molecule has 1 aliphatic heterocycles. The smallest absolute Gasteiger partial charge is 0.142 e. The molecule has 17 heavy (non-hydrogen) atoms. The summed E-state index contributed by atoms with van der Waals surface area (Å²) in [5, 5.41) is 3.36. The second-order valence-electron chi connectivity index (χ2n) is 4.67. The number of nitrogens with one attached hydrogen (secondary N) is 1. The zero-order valence-electron chi connectivity index (χ0n) is 11.1. The van der Waals surface area contributed by atoms with Gasteiger partial charge in [0.25, 0.3) is 0 Å². The van der Waals surface area contributed by atoms with Crippen molar-refractivity contribution >= 4 is 0 Å². The van der Waals surface area contributed by atoms with E-state index in [0.717, 1.165) is 56.4 Å². The van der Waals surface area contributed by atoms with Crippen molar-refractivity contribution in [3.05, 3.63) is 22.8 Å². The third kappa shape index (κ3) is 3.01. The third-order valence-electron chi connectivity index (χ3n) is 3.40. The summed E-state index contributed by atoms with van der Waals surface area (Å²) in [7, 11) is 0. The Bertz CT molecular complexity index is 360. The van der Waals surface area contributed by atoms with Crippen molar-refractivity contribution in [2.45, 2.75) is 33.7 Å². The van der Waals surface area contributed by atoms with Crippen LogP contribution in [-0.2, 0) is 13.0 Å². The lowest BCUT2D eigenvalue weighted by atomic mass is 10.1. The van der Waals surface area contributed by atoms with E-state index in [1.807, 2.05) is 0 Å². The Labute approximate surface area is 103 Å². The molecule has 1 N–H and O–H groups in total. The first-order chi connectivity index (χ1) is 8.20. The van der Waals surface area contributed by atoms with Crippen LogP contribution in [0.1, 0.15) is 29.7 Å². The number of aromatic nitrogens is 2. The van der Waals surface area contributed by atoms with Gasteiger partial charge in [-0.15, -0.1) is 0 Å². The van der Waals surface area contributed by atoms with Crippen LogP contribution in [0.15, 0.2) is 0 Å². The number of aryl methyl sites for hydroxylation is 2. The molecule has 0 aromatic carbocycles. The largest absolute Gasteiger partial charge is 0.314 e. The number of hydrogen-bond acceptors (Lipinski definition) is 4. The van der Waals surface area contributed by atoms with Crippen molar-refractivity contribution < 1.29 is 0 Å². The van der Waals surface area contributed by atoms with Crippen LogP contribution in [0.5, 0.6) is 0 Å². The van der Waals surface area contributed by atoms with E-state index in [-0.39, 0.29) is 0 Å². The quantitative estimate of drug-likeness (QED) is 0.849. The van der Waals surface area contributed by atoms with Gasteiger partial charge in [-0.05, 0) is 25.8 Å². The molecular formula is C13H22N4. The van der Waals surface area contributed by atoms with Gasteiger partial charge >= 0.3 is 0 Å². The Kier molecular flexibility index (Phi) is 4.07. The molecule has 1 aromatic rings. The minimum Gasteiger partial charge on any atom is -0.314 e. The molecule has 4 nitrogen and oxygen atoms in total. The van der Waals surface area contributed by atoms with E-state index in [1.54, 1.807) is 0 Å². The van der Waals surface area contributed by atoms with Crippen molar-refractivity contribution in [3.8, 4) is 0 Å². The Balaban J connectivity index is 2.10. The molecule has 2 heterocycles. The van der Waals surface area contributed by atoms with Crippen LogP contribution in [0, 0.1) is 13.8 Å². The summed E-state index contributed by atoms with van der Waals surface area (Å²) < 4.78 is 0. The fourth-order valence-corrected chi connectivity index (χ4v) is 2.46. The van der Waals surface area contributed by atoms with Gasteiger partial charge in [-0.2, -0.15) is 0 Å². The van der Waals surface area contributed by atoms with E-state index in [2.05, 4.69) is 41.0 Å². The molecule has 2 rings (SSSR count). The number of hydrogen-bond donors (Lipinski definition) is 1. The van der Waals surface area contributed by atoms with Crippen LogP contribution >= 0.6 is 0 Å². The minimum absolute atomic E-state index is 0.882. The van der Waals surface area contributed by atoms with Gasteiger partial charge in [0, 0.05) is 37.6 Å². The second-order valence-corrected chi connectivity index (χ2v) is 4.67. The van der Waals surface area contributed by atoms with Gasteiger partial charge in [0.1, 0.15) is 5.82 Å². The van der Waals surface area contributed by atoms with Gasteiger partial charge in [-0.3, -0.25) is 4.90 Å². The van der Waals surface area contributed by atoms with E-state index in [1.165, 1.54) is 5.56 Å². The Morgan fingerprint density at radius 1 is 1.12 bits per heavy atom.